The molecular weight excluding hydrogens is 983 g/mol. The van der Waals surface area contributed by atoms with E-state index in [9.17, 15) is 71.9 Å². The number of benzene rings is 5. The smallest absolute Gasteiger partial charge is 0.309 e. The van der Waals surface area contributed by atoms with Crippen molar-refractivity contribution in [2.24, 2.45) is 0 Å². The third kappa shape index (κ3) is 9.26. The Kier molecular flexibility index (Phi) is 13.8. The van der Waals surface area contributed by atoms with Crippen LogP contribution < -0.4 is 14.7 Å². The molecular formula is C43H24F19N3O4. The fourth-order valence-corrected chi connectivity index (χ4v) is 6.70. The van der Waals surface area contributed by atoms with Crippen LogP contribution in [-0.4, -0.2) is 62.4 Å². The number of carbonyl (C=O) groups is 4. The molecule has 5 aromatic rings. The summed E-state index contributed by atoms with van der Waals surface area (Å²) in [6.07, 6.45) is -38.2. The van der Waals surface area contributed by atoms with Gasteiger partial charge in [-0.15, -0.1) is 0 Å². The molecule has 0 atom stereocenters. The maximum absolute atomic E-state index is 16.6. The molecule has 0 heterocycles. The Morgan fingerprint density at radius 3 is 1.06 bits per heavy atom. The molecule has 0 saturated heterocycles. The van der Waals surface area contributed by atoms with Gasteiger partial charge in [-0.3, -0.25) is 19.2 Å². The normalized spacial score (nSPS) is 12.9. The van der Waals surface area contributed by atoms with Gasteiger partial charge in [-0.05, 0) is 60.7 Å². The van der Waals surface area contributed by atoms with E-state index >= 15 is 30.7 Å². The Bertz CT molecular complexity index is 2640. The molecule has 7 nitrogen and oxygen atoms in total. The molecule has 0 saturated carbocycles. The van der Waals surface area contributed by atoms with Gasteiger partial charge in [-0.2, -0.15) is 65.9 Å². The third-order valence-corrected chi connectivity index (χ3v) is 10.2. The van der Waals surface area contributed by atoms with E-state index in [0.717, 1.165) is 38.4 Å². The molecule has 0 aliphatic carbocycles. The van der Waals surface area contributed by atoms with Crippen LogP contribution in [-0.2, 0) is 17.5 Å². The number of carbonyl (C=O) groups excluding carboxylic acids is 4. The molecule has 0 N–H and O–H groups in total. The average molecular weight is 1010 g/mol. The number of hydrogen-bond acceptors (Lipinski definition) is 4. The lowest BCUT2D eigenvalue weighted by Crippen LogP contribution is -2.54. The van der Waals surface area contributed by atoms with Crippen molar-refractivity contribution in [3.63, 3.8) is 0 Å². The van der Waals surface area contributed by atoms with Gasteiger partial charge in [0.05, 0.1) is 33.8 Å². The van der Waals surface area contributed by atoms with Crippen LogP contribution in [0.1, 0.15) is 58.1 Å². The van der Waals surface area contributed by atoms with Gasteiger partial charge < -0.3 is 9.80 Å². The third-order valence-electron chi connectivity index (χ3n) is 10.2. The minimum absolute atomic E-state index is 0.110. The fraction of sp³-hybridized carbons (Fsp3) is 0.209. The first kappa shape index (κ1) is 52.8. The summed E-state index contributed by atoms with van der Waals surface area (Å²) in [5.74, 6) is -12.8. The Hall–Kier alpha value is -7.15. The molecule has 0 bridgehead atoms. The van der Waals surface area contributed by atoms with Gasteiger partial charge in [0.2, 0.25) is 0 Å². The highest BCUT2D eigenvalue weighted by Gasteiger charge is 2.77. The molecule has 0 radical (unpaired) electrons. The van der Waals surface area contributed by atoms with Crippen LogP contribution in [0.2, 0.25) is 0 Å². The zero-order valence-electron chi connectivity index (χ0n) is 34.0. The molecule has 368 valence electrons. The Labute approximate surface area is 373 Å². The fourth-order valence-electron chi connectivity index (χ4n) is 6.70. The molecule has 0 aliphatic heterocycles. The SMILES string of the molecule is CN(C(=O)c1ccccc1)c1cccc(C(=O)N(C(=O)c2cccc(N(C)C(=O)c3ccccc3)c2F)c2c(C(F)(F)F)cc(C(F)(C(F)(F)F)C(F)(F)F)cc2C(F)(C(F)(F)F)C(F)(F)F)c1F. The van der Waals surface area contributed by atoms with Crippen molar-refractivity contribution in [3.8, 4) is 0 Å². The van der Waals surface area contributed by atoms with E-state index < -0.39 is 139 Å². The monoisotopic (exact) mass is 1010 g/mol. The molecule has 0 aromatic heterocycles. The first-order valence-electron chi connectivity index (χ1n) is 18.6. The lowest BCUT2D eigenvalue weighted by atomic mass is 9.83. The van der Waals surface area contributed by atoms with Gasteiger partial charge in [-0.1, -0.05) is 48.5 Å². The number of halogens is 19. The van der Waals surface area contributed by atoms with E-state index in [1.54, 1.807) is 0 Å². The van der Waals surface area contributed by atoms with E-state index in [2.05, 4.69) is 0 Å². The Morgan fingerprint density at radius 2 is 0.739 bits per heavy atom. The lowest BCUT2D eigenvalue weighted by Gasteiger charge is -2.37. The Morgan fingerprint density at radius 1 is 0.406 bits per heavy atom. The first-order valence-corrected chi connectivity index (χ1v) is 18.6. The Balaban J connectivity index is 2.00. The summed E-state index contributed by atoms with van der Waals surface area (Å²) in [4.78, 5) is 54.6. The second-order valence-corrected chi connectivity index (χ2v) is 14.4. The number of hydrogen-bond donors (Lipinski definition) is 0. The number of nitrogens with zero attached hydrogens (tertiary/aromatic N) is 3. The van der Waals surface area contributed by atoms with Crippen molar-refractivity contribution in [1.29, 1.82) is 0 Å². The van der Waals surface area contributed by atoms with Crippen LogP contribution in [0.4, 0.5) is 100 Å². The number of anilines is 3. The summed E-state index contributed by atoms with van der Waals surface area (Å²) in [6, 6.07) is 11.1. The second-order valence-electron chi connectivity index (χ2n) is 14.4. The molecule has 0 unspecified atom stereocenters. The summed E-state index contributed by atoms with van der Waals surface area (Å²) >= 11 is 0. The van der Waals surface area contributed by atoms with Crippen LogP contribution in [0.25, 0.3) is 0 Å². The zero-order chi connectivity index (χ0) is 52.2. The molecule has 5 rings (SSSR count). The van der Waals surface area contributed by atoms with E-state index in [-0.39, 0.29) is 23.3 Å². The largest absolute Gasteiger partial charge is 0.436 e. The second kappa shape index (κ2) is 18.1. The number of amides is 4. The van der Waals surface area contributed by atoms with Crippen LogP contribution in [0.3, 0.4) is 0 Å². The quantitative estimate of drug-likeness (QED) is 0.109. The van der Waals surface area contributed by atoms with Crippen molar-refractivity contribution in [2.75, 3.05) is 28.8 Å². The van der Waals surface area contributed by atoms with Gasteiger partial charge >= 0.3 is 42.2 Å². The molecule has 0 aliphatic rings. The summed E-state index contributed by atoms with van der Waals surface area (Å²) in [5, 5.41) is 0. The highest BCUT2D eigenvalue weighted by molar-refractivity contribution is 6.27. The van der Waals surface area contributed by atoms with Crippen molar-refractivity contribution in [3.05, 3.63) is 160 Å². The van der Waals surface area contributed by atoms with Gasteiger partial charge in [0.15, 0.2) is 11.6 Å². The predicted octanol–water partition coefficient (Wildman–Crippen LogP) is 12.6. The molecule has 0 spiro atoms. The predicted molar refractivity (Wildman–Crippen MR) is 204 cm³/mol. The van der Waals surface area contributed by atoms with Gasteiger partial charge in [0, 0.05) is 36.3 Å². The maximum atomic E-state index is 16.6. The van der Waals surface area contributed by atoms with E-state index in [1.165, 1.54) is 36.4 Å². The van der Waals surface area contributed by atoms with Gasteiger partial charge in [0.1, 0.15) is 0 Å². The lowest BCUT2D eigenvalue weighted by molar-refractivity contribution is -0.350. The average Bonchev–Trinajstić information content (AvgIpc) is 3.26. The summed E-state index contributed by atoms with van der Waals surface area (Å²) < 4.78 is 283. The minimum Gasteiger partial charge on any atom is -0.309 e. The molecule has 5 aromatic carbocycles. The standard InChI is InChI=1S/C43H24F19N3O4/c1-63(33(66)21-11-5-3-6-12-21)28-17-9-15-24(30(28)44)35(68)65(36(69)25-16-10-18-29(31(25)45)64(2)34(67)22-13-7-4-8-14-22)32-26(38(47,42(57,58)59)43(60,61)62)19-23(20-27(32)39(48,49)50)37(46,40(51,52)53)41(54,55)56/h3-20H,1-2H3. The van der Waals surface area contributed by atoms with Gasteiger partial charge in [-0.25, -0.2) is 22.5 Å². The van der Waals surface area contributed by atoms with E-state index in [0.29, 0.717) is 34.1 Å². The van der Waals surface area contributed by atoms with Crippen molar-refractivity contribution >= 4 is 40.7 Å². The number of imide groups is 1. The van der Waals surface area contributed by atoms with Crippen molar-refractivity contribution < 1.29 is 103 Å². The molecule has 0 fully saturated rings. The van der Waals surface area contributed by atoms with Crippen molar-refractivity contribution in [2.45, 2.75) is 42.2 Å². The first-order chi connectivity index (χ1) is 31.6. The minimum atomic E-state index is -7.90. The van der Waals surface area contributed by atoms with E-state index in [1.807, 2.05) is 0 Å². The number of alkyl halides is 17. The summed E-state index contributed by atoms with van der Waals surface area (Å²) in [7, 11) is 1.51. The highest BCUT2D eigenvalue weighted by atomic mass is 19.4. The van der Waals surface area contributed by atoms with Crippen molar-refractivity contribution in [1.82, 2.24) is 0 Å². The summed E-state index contributed by atoms with van der Waals surface area (Å²) in [5.41, 5.74) is -37.6. The molecule has 69 heavy (non-hydrogen) atoms. The van der Waals surface area contributed by atoms with Crippen LogP contribution in [0.15, 0.2) is 109 Å². The summed E-state index contributed by atoms with van der Waals surface area (Å²) in [6.45, 7) is 0. The van der Waals surface area contributed by atoms with Crippen LogP contribution >= 0.6 is 0 Å². The molecule has 4 amide bonds. The van der Waals surface area contributed by atoms with Crippen LogP contribution in [0.5, 0.6) is 0 Å². The zero-order valence-corrected chi connectivity index (χ0v) is 34.0. The van der Waals surface area contributed by atoms with E-state index in [4.69, 9.17) is 0 Å². The number of rotatable bonds is 9. The molecule has 26 heteroatoms. The van der Waals surface area contributed by atoms with Gasteiger partial charge in [0.25, 0.3) is 23.6 Å². The highest BCUT2D eigenvalue weighted by Crippen LogP contribution is 2.61. The van der Waals surface area contributed by atoms with Crippen LogP contribution in [0, 0.1) is 11.6 Å². The topological polar surface area (TPSA) is 78.0 Å². The maximum Gasteiger partial charge on any atom is 0.436 e.